The number of hydrogen-bond acceptors (Lipinski definition) is 5. The standard InChI is InChI=1S/C25H33Cl2N3O5S/c1-5-23(25(32)28-6-2)29(17-18-12-13-19(26)15-22(18)27)24(31)11-8-14-30(36(4,33)34)20-9-7-10-21(16-20)35-3/h7,9-10,12-13,15-16,23H,5-6,8,11,14,17H2,1-4H3,(H,28,32)/t23-/m1/s1. The Morgan fingerprint density at radius 2 is 1.83 bits per heavy atom. The van der Waals surface area contributed by atoms with Gasteiger partial charge in [-0.15, -0.1) is 0 Å². The van der Waals surface area contributed by atoms with Crippen molar-refractivity contribution in [1.29, 1.82) is 0 Å². The highest BCUT2D eigenvalue weighted by Crippen LogP contribution is 2.26. The van der Waals surface area contributed by atoms with Crippen molar-refractivity contribution >= 4 is 50.7 Å². The number of anilines is 1. The SMILES string of the molecule is CCNC(=O)[C@@H](CC)N(Cc1ccc(Cl)cc1Cl)C(=O)CCCN(c1cccc(OC)c1)S(C)(=O)=O. The van der Waals surface area contributed by atoms with E-state index >= 15 is 0 Å². The largest absolute Gasteiger partial charge is 0.497 e. The number of rotatable bonds is 13. The number of ether oxygens (including phenoxy) is 1. The summed E-state index contributed by atoms with van der Waals surface area (Å²) in [6.45, 7) is 4.29. The Hall–Kier alpha value is -2.49. The summed E-state index contributed by atoms with van der Waals surface area (Å²) >= 11 is 12.4. The molecule has 1 N–H and O–H groups in total. The zero-order valence-corrected chi connectivity index (χ0v) is 23.3. The number of nitrogens with one attached hydrogen (secondary N) is 1. The van der Waals surface area contributed by atoms with Gasteiger partial charge in [-0.25, -0.2) is 8.42 Å². The lowest BCUT2D eigenvalue weighted by Crippen LogP contribution is -2.49. The quantitative estimate of drug-likeness (QED) is 0.391. The van der Waals surface area contributed by atoms with E-state index in [1.807, 2.05) is 13.8 Å². The van der Waals surface area contributed by atoms with E-state index in [2.05, 4.69) is 5.32 Å². The summed E-state index contributed by atoms with van der Waals surface area (Å²) in [4.78, 5) is 27.6. The Labute approximate surface area is 223 Å². The normalized spacial score (nSPS) is 12.1. The van der Waals surface area contributed by atoms with Gasteiger partial charge in [-0.05, 0) is 49.6 Å². The van der Waals surface area contributed by atoms with E-state index in [1.54, 1.807) is 42.5 Å². The average molecular weight is 559 g/mol. The third kappa shape index (κ3) is 8.28. The summed E-state index contributed by atoms with van der Waals surface area (Å²) in [7, 11) is -2.10. The van der Waals surface area contributed by atoms with E-state index in [0.717, 1.165) is 6.26 Å². The smallest absolute Gasteiger partial charge is 0.242 e. The topological polar surface area (TPSA) is 96.0 Å². The third-order valence-electron chi connectivity index (χ3n) is 5.59. The van der Waals surface area contributed by atoms with Crippen LogP contribution in [0.15, 0.2) is 42.5 Å². The first-order valence-corrected chi connectivity index (χ1v) is 14.2. The molecule has 0 unspecified atom stereocenters. The number of halogens is 2. The molecule has 2 aromatic carbocycles. The van der Waals surface area contributed by atoms with Gasteiger partial charge in [0, 0.05) is 42.2 Å². The predicted molar refractivity (Wildman–Crippen MR) is 144 cm³/mol. The maximum Gasteiger partial charge on any atom is 0.242 e. The van der Waals surface area contributed by atoms with Crippen molar-refractivity contribution in [3.63, 3.8) is 0 Å². The zero-order valence-electron chi connectivity index (χ0n) is 21.0. The van der Waals surface area contributed by atoms with Crippen LogP contribution in [0.25, 0.3) is 0 Å². The Kier molecular flexibility index (Phi) is 11.3. The highest BCUT2D eigenvalue weighted by Gasteiger charge is 2.29. The van der Waals surface area contributed by atoms with Gasteiger partial charge in [0.25, 0.3) is 0 Å². The Balaban J connectivity index is 2.24. The predicted octanol–water partition coefficient (Wildman–Crippen LogP) is 4.49. The second-order valence-electron chi connectivity index (χ2n) is 8.22. The summed E-state index contributed by atoms with van der Waals surface area (Å²) in [5.41, 5.74) is 1.11. The van der Waals surface area contributed by atoms with Gasteiger partial charge in [0.05, 0.1) is 19.1 Å². The van der Waals surface area contributed by atoms with Crippen LogP contribution in [0.5, 0.6) is 5.75 Å². The number of benzene rings is 2. The number of carbonyl (C=O) groups excluding carboxylic acids is 2. The minimum absolute atomic E-state index is 0.0388. The molecule has 0 aliphatic heterocycles. The molecule has 1 atom stereocenters. The van der Waals surface area contributed by atoms with E-state index in [-0.39, 0.29) is 37.7 Å². The minimum atomic E-state index is -3.60. The fraction of sp³-hybridized carbons (Fsp3) is 0.440. The van der Waals surface area contributed by atoms with Gasteiger partial charge in [-0.1, -0.05) is 42.3 Å². The van der Waals surface area contributed by atoms with Gasteiger partial charge < -0.3 is 15.0 Å². The molecule has 0 saturated carbocycles. The number of likely N-dealkylation sites (N-methyl/N-ethyl adjacent to an activating group) is 1. The second kappa shape index (κ2) is 13.7. The summed E-state index contributed by atoms with van der Waals surface area (Å²) < 4.78 is 31.4. The summed E-state index contributed by atoms with van der Waals surface area (Å²) in [5, 5.41) is 3.65. The van der Waals surface area contributed by atoms with Crippen molar-refractivity contribution in [2.24, 2.45) is 0 Å². The molecule has 198 valence electrons. The number of carbonyl (C=O) groups is 2. The van der Waals surface area contributed by atoms with Gasteiger partial charge in [-0.2, -0.15) is 0 Å². The second-order valence-corrected chi connectivity index (χ2v) is 11.0. The molecule has 0 saturated heterocycles. The molecule has 0 heterocycles. The molecule has 0 aliphatic rings. The molecule has 0 bridgehead atoms. The molecule has 11 heteroatoms. The van der Waals surface area contributed by atoms with Crippen molar-refractivity contribution in [3.8, 4) is 5.75 Å². The fourth-order valence-corrected chi connectivity index (χ4v) is 5.24. The lowest BCUT2D eigenvalue weighted by molar-refractivity contribution is -0.141. The molecule has 2 rings (SSSR count). The third-order valence-corrected chi connectivity index (χ3v) is 7.37. The van der Waals surface area contributed by atoms with Crippen molar-refractivity contribution < 1.29 is 22.7 Å². The molecular formula is C25H33Cl2N3O5S. The highest BCUT2D eigenvalue weighted by molar-refractivity contribution is 7.92. The molecule has 2 amide bonds. The van der Waals surface area contributed by atoms with Crippen LogP contribution in [0.1, 0.15) is 38.7 Å². The number of amides is 2. The van der Waals surface area contributed by atoms with Crippen LogP contribution >= 0.6 is 23.2 Å². The zero-order chi connectivity index (χ0) is 26.9. The molecule has 36 heavy (non-hydrogen) atoms. The van der Waals surface area contributed by atoms with E-state index in [4.69, 9.17) is 27.9 Å². The monoisotopic (exact) mass is 557 g/mol. The van der Waals surface area contributed by atoms with Crippen LogP contribution in [0.4, 0.5) is 5.69 Å². The summed E-state index contributed by atoms with van der Waals surface area (Å²) in [5.74, 6) is -0.0123. The van der Waals surface area contributed by atoms with E-state index in [9.17, 15) is 18.0 Å². The first-order valence-electron chi connectivity index (χ1n) is 11.6. The summed E-state index contributed by atoms with van der Waals surface area (Å²) in [6, 6.07) is 11.0. The van der Waals surface area contributed by atoms with Crippen LogP contribution in [0.3, 0.4) is 0 Å². The number of nitrogens with zero attached hydrogens (tertiary/aromatic N) is 2. The highest BCUT2D eigenvalue weighted by atomic mass is 35.5. The lowest BCUT2D eigenvalue weighted by atomic mass is 10.1. The Bertz CT molecular complexity index is 1160. The molecule has 0 radical (unpaired) electrons. The maximum atomic E-state index is 13.4. The molecular weight excluding hydrogens is 525 g/mol. The van der Waals surface area contributed by atoms with Crippen LogP contribution in [-0.4, -0.2) is 57.6 Å². The van der Waals surface area contributed by atoms with Crippen LogP contribution in [-0.2, 0) is 26.2 Å². The lowest BCUT2D eigenvalue weighted by Gasteiger charge is -2.31. The first kappa shape index (κ1) is 29.7. The van der Waals surface area contributed by atoms with E-state index in [1.165, 1.54) is 16.3 Å². The Morgan fingerprint density at radius 1 is 1.11 bits per heavy atom. The van der Waals surface area contributed by atoms with Gasteiger partial charge >= 0.3 is 0 Å². The van der Waals surface area contributed by atoms with Gasteiger partial charge in [0.15, 0.2) is 0 Å². The molecule has 2 aromatic rings. The van der Waals surface area contributed by atoms with E-state index < -0.39 is 16.1 Å². The summed E-state index contributed by atoms with van der Waals surface area (Å²) in [6.07, 6.45) is 1.81. The van der Waals surface area contributed by atoms with Crippen LogP contribution < -0.4 is 14.4 Å². The van der Waals surface area contributed by atoms with Crippen molar-refractivity contribution in [1.82, 2.24) is 10.2 Å². The fourth-order valence-electron chi connectivity index (χ4n) is 3.81. The van der Waals surface area contributed by atoms with Crippen LogP contribution in [0, 0.1) is 0 Å². The van der Waals surface area contributed by atoms with Gasteiger partial charge in [0.2, 0.25) is 21.8 Å². The van der Waals surface area contributed by atoms with Gasteiger partial charge in [-0.3, -0.25) is 13.9 Å². The molecule has 0 aliphatic carbocycles. The van der Waals surface area contributed by atoms with Crippen LogP contribution in [0.2, 0.25) is 10.0 Å². The van der Waals surface area contributed by atoms with Crippen molar-refractivity contribution in [2.45, 2.75) is 45.7 Å². The molecule has 0 spiro atoms. The van der Waals surface area contributed by atoms with Crippen molar-refractivity contribution in [3.05, 3.63) is 58.1 Å². The van der Waals surface area contributed by atoms with Gasteiger partial charge in [0.1, 0.15) is 11.8 Å². The Morgan fingerprint density at radius 3 is 2.42 bits per heavy atom. The average Bonchev–Trinajstić information content (AvgIpc) is 2.82. The number of hydrogen-bond donors (Lipinski definition) is 1. The minimum Gasteiger partial charge on any atom is -0.497 e. The van der Waals surface area contributed by atoms with E-state index in [0.29, 0.717) is 40.0 Å². The molecule has 0 fully saturated rings. The molecule has 0 aromatic heterocycles. The number of methoxy groups -OCH3 is 1. The number of sulfonamides is 1. The maximum absolute atomic E-state index is 13.4. The molecule has 8 nitrogen and oxygen atoms in total. The van der Waals surface area contributed by atoms with Crippen molar-refractivity contribution in [2.75, 3.05) is 30.8 Å². The first-order chi connectivity index (χ1) is 17.0.